The van der Waals surface area contributed by atoms with Crippen LogP contribution >= 0.6 is 15.9 Å². The molecule has 0 amide bonds. The summed E-state index contributed by atoms with van der Waals surface area (Å²) in [6.07, 6.45) is 6.50. The van der Waals surface area contributed by atoms with Crippen molar-refractivity contribution >= 4 is 15.9 Å². The third-order valence-electron chi connectivity index (χ3n) is 4.25. The predicted octanol–water partition coefficient (Wildman–Crippen LogP) is 3.31. The van der Waals surface area contributed by atoms with Gasteiger partial charge in [-0.3, -0.25) is 4.90 Å². The largest absolute Gasteiger partial charge is 0.453 e. The molecule has 3 rings (SSSR count). The summed E-state index contributed by atoms with van der Waals surface area (Å²) in [7, 11) is 0. The molecule has 2 N–H and O–H groups in total. The number of halogens is 1. The van der Waals surface area contributed by atoms with E-state index in [1.807, 2.05) is 6.07 Å². The van der Waals surface area contributed by atoms with Gasteiger partial charge in [-0.15, -0.1) is 0 Å². The van der Waals surface area contributed by atoms with Gasteiger partial charge < -0.3 is 10.2 Å². The van der Waals surface area contributed by atoms with Gasteiger partial charge in [-0.25, -0.2) is 0 Å². The van der Waals surface area contributed by atoms with Crippen molar-refractivity contribution in [2.75, 3.05) is 13.1 Å². The fraction of sp³-hybridized carbons (Fsp3) is 0.714. The zero-order chi connectivity index (χ0) is 12.5. The maximum Gasteiger partial charge on any atom is 0.169 e. The smallest absolute Gasteiger partial charge is 0.169 e. The normalized spacial score (nSPS) is 30.3. The van der Waals surface area contributed by atoms with Crippen LogP contribution in [0.3, 0.4) is 0 Å². The van der Waals surface area contributed by atoms with Crippen LogP contribution in [-0.2, 0) is 0 Å². The topological polar surface area (TPSA) is 42.4 Å². The minimum absolute atomic E-state index is 0.385. The Labute approximate surface area is 117 Å². The van der Waals surface area contributed by atoms with Gasteiger partial charge in [0.15, 0.2) is 4.67 Å². The summed E-state index contributed by atoms with van der Waals surface area (Å²) in [5.41, 5.74) is 6.01. The molecular formula is C14H21BrN2O. The van der Waals surface area contributed by atoms with E-state index in [9.17, 15) is 0 Å². The molecule has 1 saturated heterocycles. The summed E-state index contributed by atoms with van der Waals surface area (Å²) in [5.74, 6) is 1.62. The Bertz CT molecular complexity index is 402. The Morgan fingerprint density at radius 1 is 1.28 bits per heavy atom. The zero-order valence-corrected chi connectivity index (χ0v) is 12.2. The van der Waals surface area contributed by atoms with Crippen LogP contribution in [0.15, 0.2) is 21.2 Å². The highest BCUT2D eigenvalue weighted by Crippen LogP contribution is 2.42. The monoisotopic (exact) mass is 312 g/mol. The van der Waals surface area contributed by atoms with E-state index >= 15 is 0 Å². The summed E-state index contributed by atoms with van der Waals surface area (Å²) >= 11 is 3.42. The summed E-state index contributed by atoms with van der Waals surface area (Å²) in [6.45, 7) is 1.95. The number of nitrogens with two attached hydrogens (primary N) is 1. The molecule has 1 aliphatic heterocycles. The van der Waals surface area contributed by atoms with Crippen molar-refractivity contribution in [1.29, 1.82) is 0 Å². The van der Waals surface area contributed by atoms with E-state index in [0.717, 1.165) is 23.0 Å². The van der Waals surface area contributed by atoms with E-state index in [0.29, 0.717) is 12.0 Å². The van der Waals surface area contributed by atoms with E-state index in [1.54, 1.807) is 0 Å². The first-order valence-electron chi connectivity index (χ1n) is 7.00. The SMILES string of the molecule is NCC1CCCCN(C2CC2)C1c1ccc(Br)o1. The van der Waals surface area contributed by atoms with Crippen molar-refractivity contribution in [3.05, 3.63) is 22.6 Å². The molecule has 0 bridgehead atoms. The van der Waals surface area contributed by atoms with Crippen molar-refractivity contribution in [1.82, 2.24) is 4.90 Å². The molecule has 4 heteroatoms. The number of likely N-dealkylation sites (tertiary alicyclic amines) is 1. The molecule has 0 radical (unpaired) electrons. The first-order chi connectivity index (χ1) is 8.79. The number of rotatable bonds is 3. The lowest BCUT2D eigenvalue weighted by molar-refractivity contribution is 0.127. The van der Waals surface area contributed by atoms with Crippen molar-refractivity contribution in [3.8, 4) is 0 Å². The average Bonchev–Trinajstić information content (AvgIpc) is 3.14. The summed E-state index contributed by atoms with van der Waals surface area (Å²) in [5, 5.41) is 0. The van der Waals surface area contributed by atoms with E-state index < -0.39 is 0 Å². The second-order valence-electron chi connectivity index (χ2n) is 5.55. The molecule has 2 fully saturated rings. The molecule has 2 aliphatic rings. The molecule has 100 valence electrons. The summed E-state index contributed by atoms with van der Waals surface area (Å²) < 4.78 is 6.67. The Morgan fingerprint density at radius 2 is 2.11 bits per heavy atom. The van der Waals surface area contributed by atoms with Crippen LogP contribution in [-0.4, -0.2) is 24.0 Å². The summed E-state index contributed by atoms with van der Waals surface area (Å²) in [4.78, 5) is 2.65. The highest BCUT2D eigenvalue weighted by atomic mass is 79.9. The maximum absolute atomic E-state index is 6.01. The first kappa shape index (κ1) is 12.7. The van der Waals surface area contributed by atoms with Crippen LogP contribution in [0.5, 0.6) is 0 Å². The number of hydrogen-bond acceptors (Lipinski definition) is 3. The Hall–Kier alpha value is -0.320. The Balaban J connectivity index is 1.90. The minimum atomic E-state index is 0.385. The fourth-order valence-corrected chi connectivity index (χ4v) is 3.53. The van der Waals surface area contributed by atoms with Gasteiger partial charge in [0, 0.05) is 6.04 Å². The third-order valence-corrected chi connectivity index (χ3v) is 4.68. The average molecular weight is 313 g/mol. The lowest BCUT2D eigenvalue weighted by atomic mass is 9.93. The van der Waals surface area contributed by atoms with Gasteiger partial charge in [-0.2, -0.15) is 0 Å². The number of furan rings is 1. The molecule has 2 heterocycles. The van der Waals surface area contributed by atoms with Crippen LogP contribution in [0.2, 0.25) is 0 Å². The molecule has 2 atom stereocenters. The molecule has 1 aliphatic carbocycles. The second kappa shape index (κ2) is 5.35. The van der Waals surface area contributed by atoms with Gasteiger partial charge in [0.2, 0.25) is 0 Å². The van der Waals surface area contributed by atoms with E-state index in [4.69, 9.17) is 10.2 Å². The highest BCUT2D eigenvalue weighted by molar-refractivity contribution is 9.10. The van der Waals surface area contributed by atoms with Crippen LogP contribution in [0.25, 0.3) is 0 Å². The first-order valence-corrected chi connectivity index (χ1v) is 7.80. The summed E-state index contributed by atoms with van der Waals surface area (Å²) in [6, 6.07) is 5.26. The Kier molecular flexibility index (Phi) is 3.78. The van der Waals surface area contributed by atoms with E-state index in [2.05, 4.69) is 26.9 Å². The van der Waals surface area contributed by atoms with Gasteiger partial charge in [0.1, 0.15) is 5.76 Å². The molecule has 1 aromatic rings. The fourth-order valence-electron chi connectivity index (χ4n) is 3.21. The van der Waals surface area contributed by atoms with Gasteiger partial charge in [-0.1, -0.05) is 6.42 Å². The van der Waals surface area contributed by atoms with Crippen molar-refractivity contribution in [2.45, 2.75) is 44.2 Å². The molecule has 0 spiro atoms. The van der Waals surface area contributed by atoms with Gasteiger partial charge in [0.25, 0.3) is 0 Å². The maximum atomic E-state index is 6.01. The molecule has 1 saturated carbocycles. The number of nitrogens with zero attached hydrogens (tertiary/aromatic N) is 1. The van der Waals surface area contributed by atoms with Gasteiger partial charge >= 0.3 is 0 Å². The molecule has 0 aromatic carbocycles. The zero-order valence-electron chi connectivity index (χ0n) is 10.6. The highest BCUT2D eigenvalue weighted by Gasteiger charge is 2.40. The third kappa shape index (κ3) is 2.51. The minimum Gasteiger partial charge on any atom is -0.453 e. The van der Waals surface area contributed by atoms with Crippen LogP contribution in [0.1, 0.15) is 43.9 Å². The predicted molar refractivity (Wildman–Crippen MR) is 75.3 cm³/mol. The van der Waals surface area contributed by atoms with E-state index in [1.165, 1.54) is 38.6 Å². The molecule has 2 unspecified atom stereocenters. The molecular weight excluding hydrogens is 292 g/mol. The number of hydrogen-bond donors (Lipinski definition) is 1. The quantitative estimate of drug-likeness (QED) is 0.931. The molecule has 1 aromatic heterocycles. The van der Waals surface area contributed by atoms with Crippen LogP contribution in [0.4, 0.5) is 0 Å². The van der Waals surface area contributed by atoms with E-state index in [-0.39, 0.29) is 0 Å². The molecule has 18 heavy (non-hydrogen) atoms. The van der Waals surface area contributed by atoms with Crippen molar-refractivity contribution in [3.63, 3.8) is 0 Å². The van der Waals surface area contributed by atoms with Crippen molar-refractivity contribution < 1.29 is 4.42 Å². The standard InChI is InChI=1S/C14H21BrN2O/c15-13-7-6-12(18-13)14-10(9-16)3-1-2-8-17(14)11-4-5-11/h6-7,10-11,14H,1-5,8-9,16H2. The van der Waals surface area contributed by atoms with Gasteiger partial charge in [-0.05, 0) is 72.8 Å². The lowest BCUT2D eigenvalue weighted by Crippen LogP contribution is -2.36. The van der Waals surface area contributed by atoms with Gasteiger partial charge in [0.05, 0.1) is 6.04 Å². The molecule has 3 nitrogen and oxygen atoms in total. The van der Waals surface area contributed by atoms with Crippen LogP contribution < -0.4 is 5.73 Å². The Morgan fingerprint density at radius 3 is 2.72 bits per heavy atom. The second-order valence-corrected chi connectivity index (χ2v) is 6.33. The van der Waals surface area contributed by atoms with Crippen LogP contribution in [0, 0.1) is 5.92 Å². The van der Waals surface area contributed by atoms with Crippen molar-refractivity contribution in [2.24, 2.45) is 11.7 Å². The lowest BCUT2D eigenvalue weighted by Gasteiger charge is -2.33.